The van der Waals surface area contributed by atoms with Crippen LogP contribution in [0.15, 0.2) is 36.4 Å². The molecule has 0 aliphatic heterocycles. The van der Waals surface area contributed by atoms with Crippen molar-refractivity contribution in [1.29, 1.82) is 0 Å². The Bertz CT molecular complexity index is 372. The maximum absolute atomic E-state index is 11.1. The van der Waals surface area contributed by atoms with Crippen molar-refractivity contribution in [2.45, 2.75) is 12.2 Å². The quantitative estimate of drug-likeness (QED) is 0.782. The first kappa shape index (κ1) is 13.4. The van der Waals surface area contributed by atoms with E-state index in [9.17, 15) is 9.90 Å². The highest BCUT2D eigenvalue weighted by molar-refractivity contribution is 5.75. The van der Waals surface area contributed by atoms with Crippen LogP contribution in [-0.2, 0) is 14.3 Å². The third kappa shape index (κ3) is 4.01. The highest BCUT2D eigenvalue weighted by Gasteiger charge is 2.24. The van der Waals surface area contributed by atoms with Crippen molar-refractivity contribution in [3.05, 3.63) is 42.0 Å². The van der Waals surface area contributed by atoms with Gasteiger partial charge in [0.15, 0.2) is 6.10 Å². The lowest BCUT2D eigenvalue weighted by atomic mass is 10.1. The van der Waals surface area contributed by atoms with Gasteiger partial charge in [0.25, 0.3) is 0 Å². The Labute approximate surface area is 100 Å². The van der Waals surface area contributed by atoms with E-state index in [2.05, 4.69) is 4.74 Å². The molecule has 1 rings (SSSR count). The zero-order chi connectivity index (χ0) is 12.7. The van der Waals surface area contributed by atoms with Crippen LogP contribution >= 0.6 is 0 Å². The highest BCUT2D eigenvalue weighted by Crippen LogP contribution is 2.07. The van der Waals surface area contributed by atoms with Gasteiger partial charge in [-0.05, 0) is 5.56 Å². The predicted octanol–water partition coefficient (Wildman–Crippen LogP) is 1.25. The molecular formula is C13H16O4. The van der Waals surface area contributed by atoms with E-state index >= 15 is 0 Å². The molecule has 0 unspecified atom stereocenters. The molecule has 1 aromatic rings. The van der Waals surface area contributed by atoms with E-state index in [0.29, 0.717) is 0 Å². The van der Waals surface area contributed by atoms with Crippen molar-refractivity contribution in [3.8, 4) is 0 Å². The van der Waals surface area contributed by atoms with Crippen LogP contribution in [0.1, 0.15) is 5.56 Å². The number of hydrogen-bond donors (Lipinski definition) is 1. The molecule has 0 heterocycles. The number of aliphatic hydroxyl groups is 1. The van der Waals surface area contributed by atoms with Crippen LogP contribution in [-0.4, -0.2) is 37.5 Å². The van der Waals surface area contributed by atoms with Gasteiger partial charge in [0.05, 0.1) is 7.11 Å². The third-order valence-corrected chi connectivity index (χ3v) is 2.30. The molecule has 17 heavy (non-hydrogen) atoms. The molecule has 0 spiro atoms. The van der Waals surface area contributed by atoms with Crippen molar-refractivity contribution in [1.82, 2.24) is 0 Å². The van der Waals surface area contributed by atoms with Gasteiger partial charge in [-0.3, -0.25) is 0 Å². The average molecular weight is 236 g/mol. The molecule has 0 radical (unpaired) electrons. The summed E-state index contributed by atoms with van der Waals surface area (Å²) in [6, 6.07) is 9.53. The van der Waals surface area contributed by atoms with Gasteiger partial charge in [-0.25, -0.2) is 4.79 Å². The minimum atomic E-state index is -1.31. The fraction of sp³-hybridized carbons (Fsp3) is 0.308. The minimum absolute atomic E-state index is 0.713. The molecule has 2 atom stereocenters. The van der Waals surface area contributed by atoms with E-state index < -0.39 is 18.2 Å². The smallest absolute Gasteiger partial charge is 0.337 e. The van der Waals surface area contributed by atoms with Crippen molar-refractivity contribution in [2.75, 3.05) is 14.2 Å². The number of benzene rings is 1. The molecular weight excluding hydrogens is 220 g/mol. The third-order valence-electron chi connectivity index (χ3n) is 2.30. The largest absolute Gasteiger partial charge is 0.467 e. The van der Waals surface area contributed by atoms with Crippen LogP contribution in [0.25, 0.3) is 6.08 Å². The lowest BCUT2D eigenvalue weighted by Gasteiger charge is -2.15. The van der Waals surface area contributed by atoms with Gasteiger partial charge in [-0.15, -0.1) is 0 Å². The first-order chi connectivity index (χ1) is 8.19. The maximum Gasteiger partial charge on any atom is 0.337 e. The molecule has 1 aromatic carbocycles. The number of methoxy groups -OCH3 is 2. The van der Waals surface area contributed by atoms with Crippen molar-refractivity contribution >= 4 is 12.0 Å². The fourth-order valence-corrected chi connectivity index (χ4v) is 1.34. The number of hydrogen-bond acceptors (Lipinski definition) is 4. The maximum atomic E-state index is 11.1. The number of rotatable bonds is 5. The molecule has 4 nitrogen and oxygen atoms in total. The number of esters is 1. The summed E-state index contributed by atoms with van der Waals surface area (Å²) in [5.74, 6) is -0.713. The fourth-order valence-electron chi connectivity index (χ4n) is 1.34. The number of carbonyl (C=O) groups excluding carboxylic acids is 1. The Balaban J connectivity index is 2.70. The molecule has 92 valence electrons. The summed E-state index contributed by atoms with van der Waals surface area (Å²) >= 11 is 0. The van der Waals surface area contributed by atoms with E-state index in [1.54, 1.807) is 12.2 Å². The summed E-state index contributed by atoms with van der Waals surface area (Å²) in [5, 5.41) is 9.60. The van der Waals surface area contributed by atoms with Crippen LogP contribution in [0.4, 0.5) is 0 Å². The Morgan fingerprint density at radius 1 is 1.29 bits per heavy atom. The summed E-state index contributed by atoms with van der Waals surface area (Å²) in [6.07, 6.45) is 1.37. The van der Waals surface area contributed by atoms with Gasteiger partial charge in [0.1, 0.15) is 6.10 Å². The van der Waals surface area contributed by atoms with Crippen LogP contribution in [0.2, 0.25) is 0 Å². The molecule has 0 bridgehead atoms. The molecule has 0 aliphatic rings. The zero-order valence-corrected chi connectivity index (χ0v) is 9.87. The number of carbonyl (C=O) groups is 1. The number of ether oxygens (including phenoxy) is 2. The van der Waals surface area contributed by atoms with E-state index in [4.69, 9.17) is 4.74 Å². The first-order valence-corrected chi connectivity index (χ1v) is 5.21. The van der Waals surface area contributed by atoms with Crippen molar-refractivity contribution in [3.63, 3.8) is 0 Å². The second kappa shape index (κ2) is 6.83. The lowest BCUT2D eigenvalue weighted by Crippen LogP contribution is -2.34. The molecule has 0 amide bonds. The van der Waals surface area contributed by atoms with Crippen LogP contribution in [0.3, 0.4) is 0 Å². The normalized spacial score (nSPS) is 14.5. The Morgan fingerprint density at radius 3 is 2.47 bits per heavy atom. The van der Waals surface area contributed by atoms with Crippen LogP contribution in [0, 0.1) is 0 Å². The van der Waals surface area contributed by atoms with E-state index in [1.807, 2.05) is 30.3 Å². The molecule has 0 aliphatic carbocycles. The Hall–Kier alpha value is -1.65. The molecule has 4 heteroatoms. The summed E-state index contributed by atoms with van der Waals surface area (Å²) in [4.78, 5) is 11.1. The van der Waals surface area contributed by atoms with E-state index in [0.717, 1.165) is 5.56 Å². The summed E-state index contributed by atoms with van der Waals surface area (Å²) < 4.78 is 9.46. The van der Waals surface area contributed by atoms with E-state index in [-0.39, 0.29) is 0 Å². The Kier molecular flexibility index (Phi) is 5.39. The molecule has 1 N–H and O–H groups in total. The first-order valence-electron chi connectivity index (χ1n) is 5.21. The zero-order valence-electron chi connectivity index (χ0n) is 9.87. The number of aliphatic hydroxyl groups excluding tert-OH is 1. The summed E-state index contributed by atoms with van der Waals surface area (Å²) in [5.41, 5.74) is 0.964. The minimum Gasteiger partial charge on any atom is -0.467 e. The second-order valence-corrected chi connectivity index (χ2v) is 3.44. The van der Waals surface area contributed by atoms with Gasteiger partial charge in [-0.1, -0.05) is 42.5 Å². The van der Waals surface area contributed by atoms with Gasteiger partial charge in [0, 0.05) is 7.11 Å². The van der Waals surface area contributed by atoms with Crippen LogP contribution < -0.4 is 0 Å². The lowest BCUT2D eigenvalue weighted by molar-refractivity contribution is -0.155. The van der Waals surface area contributed by atoms with Gasteiger partial charge >= 0.3 is 5.97 Å². The summed E-state index contributed by atoms with van der Waals surface area (Å²) in [6.45, 7) is 0. The molecule has 0 aromatic heterocycles. The van der Waals surface area contributed by atoms with Gasteiger partial charge in [0.2, 0.25) is 0 Å². The molecule has 0 fully saturated rings. The average Bonchev–Trinajstić information content (AvgIpc) is 2.39. The molecule has 0 saturated heterocycles. The SMILES string of the molecule is COC(=O)[C@@H](O)[C@H](/C=C/c1ccccc1)OC. The standard InChI is InChI=1S/C13H16O4/c1-16-11(12(14)13(15)17-2)9-8-10-6-4-3-5-7-10/h3-9,11-12,14H,1-2H3/b9-8+/t11-,12-/m0/s1. The van der Waals surface area contributed by atoms with Gasteiger partial charge in [-0.2, -0.15) is 0 Å². The second-order valence-electron chi connectivity index (χ2n) is 3.44. The van der Waals surface area contributed by atoms with Crippen LogP contribution in [0.5, 0.6) is 0 Å². The Morgan fingerprint density at radius 2 is 1.94 bits per heavy atom. The van der Waals surface area contributed by atoms with Crippen molar-refractivity contribution < 1.29 is 19.4 Å². The predicted molar refractivity (Wildman–Crippen MR) is 64.3 cm³/mol. The molecule has 0 saturated carbocycles. The highest BCUT2D eigenvalue weighted by atomic mass is 16.5. The van der Waals surface area contributed by atoms with E-state index in [1.165, 1.54) is 14.2 Å². The van der Waals surface area contributed by atoms with Crippen molar-refractivity contribution in [2.24, 2.45) is 0 Å². The topological polar surface area (TPSA) is 55.8 Å². The van der Waals surface area contributed by atoms with Gasteiger partial charge < -0.3 is 14.6 Å². The monoisotopic (exact) mass is 236 g/mol. The summed E-state index contributed by atoms with van der Waals surface area (Å²) in [7, 11) is 2.64.